The third-order valence-electron chi connectivity index (χ3n) is 3.39. The molecule has 0 aromatic carbocycles. The van der Waals surface area contributed by atoms with Gasteiger partial charge in [0.25, 0.3) is 0 Å². The SMILES string of the molecule is CC(C)[C@@H]1CC[C@H](C)C[C@H]1C(N)=O. The summed E-state index contributed by atoms with van der Waals surface area (Å²) in [6, 6.07) is 0. The quantitative estimate of drug-likeness (QED) is 0.700. The standard InChI is InChI=1S/C11H21NO/c1-7(2)9-5-4-8(3)6-10(9)11(12)13/h7-10H,4-6H2,1-3H3,(H2,12,13)/t8-,9-,10+/m0/s1. The van der Waals surface area contributed by atoms with Crippen LogP contribution in [-0.4, -0.2) is 5.91 Å². The fourth-order valence-corrected chi connectivity index (χ4v) is 2.53. The molecule has 0 unspecified atom stereocenters. The highest BCUT2D eigenvalue weighted by Gasteiger charge is 2.33. The first-order valence-electron chi connectivity index (χ1n) is 5.31. The molecular weight excluding hydrogens is 162 g/mol. The lowest BCUT2D eigenvalue weighted by atomic mass is 9.70. The van der Waals surface area contributed by atoms with Gasteiger partial charge >= 0.3 is 0 Å². The first kappa shape index (κ1) is 10.6. The van der Waals surface area contributed by atoms with Crippen LogP contribution in [0.1, 0.15) is 40.0 Å². The van der Waals surface area contributed by atoms with Crippen LogP contribution in [-0.2, 0) is 4.79 Å². The normalized spacial score (nSPS) is 34.9. The molecule has 2 nitrogen and oxygen atoms in total. The van der Waals surface area contributed by atoms with Gasteiger partial charge in [-0.2, -0.15) is 0 Å². The molecule has 0 aromatic heterocycles. The van der Waals surface area contributed by atoms with Crippen LogP contribution in [0.2, 0.25) is 0 Å². The summed E-state index contributed by atoms with van der Waals surface area (Å²) in [5.41, 5.74) is 5.42. The summed E-state index contributed by atoms with van der Waals surface area (Å²) in [5, 5.41) is 0. The van der Waals surface area contributed by atoms with E-state index in [1.165, 1.54) is 12.8 Å². The summed E-state index contributed by atoms with van der Waals surface area (Å²) in [5.74, 6) is 1.82. The minimum absolute atomic E-state index is 0.0924. The van der Waals surface area contributed by atoms with Gasteiger partial charge in [-0.1, -0.05) is 27.2 Å². The molecule has 0 radical (unpaired) electrons. The maximum Gasteiger partial charge on any atom is 0.220 e. The average molecular weight is 183 g/mol. The van der Waals surface area contributed by atoms with Crippen molar-refractivity contribution in [2.45, 2.75) is 40.0 Å². The molecule has 0 aliphatic heterocycles. The number of primary amides is 1. The first-order valence-corrected chi connectivity index (χ1v) is 5.31. The van der Waals surface area contributed by atoms with Crippen LogP contribution in [0.5, 0.6) is 0 Å². The number of hydrogen-bond acceptors (Lipinski definition) is 1. The number of nitrogens with two attached hydrogens (primary N) is 1. The molecule has 0 aromatic rings. The van der Waals surface area contributed by atoms with Gasteiger partial charge < -0.3 is 5.73 Å². The van der Waals surface area contributed by atoms with Gasteiger partial charge in [-0.25, -0.2) is 0 Å². The van der Waals surface area contributed by atoms with E-state index in [0.29, 0.717) is 17.8 Å². The third kappa shape index (κ3) is 2.45. The molecule has 1 aliphatic rings. The van der Waals surface area contributed by atoms with Crippen molar-refractivity contribution in [3.8, 4) is 0 Å². The van der Waals surface area contributed by atoms with E-state index in [1.807, 2.05) is 0 Å². The van der Waals surface area contributed by atoms with Gasteiger partial charge in [0.05, 0.1) is 0 Å². The van der Waals surface area contributed by atoms with Crippen molar-refractivity contribution in [3.05, 3.63) is 0 Å². The van der Waals surface area contributed by atoms with E-state index in [2.05, 4.69) is 20.8 Å². The molecule has 2 heteroatoms. The molecule has 0 bridgehead atoms. The van der Waals surface area contributed by atoms with E-state index < -0.39 is 0 Å². The second-order valence-corrected chi connectivity index (χ2v) is 4.83. The molecule has 13 heavy (non-hydrogen) atoms. The van der Waals surface area contributed by atoms with Crippen LogP contribution in [0.4, 0.5) is 0 Å². The van der Waals surface area contributed by atoms with Crippen LogP contribution in [0.25, 0.3) is 0 Å². The second-order valence-electron chi connectivity index (χ2n) is 4.83. The fourth-order valence-electron chi connectivity index (χ4n) is 2.53. The zero-order valence-corrected chi connectivity index (χ0v) is 8.92. The summed E-state index contributed by atoms with van der Waals surface area (Å²) in [6.07, 6.45) is 3.43. The minimum Gasteiger partial charge on any atom is -0.369 e. The largest absolute Gasteiger partial charge is 0.369 e. The van der Waals surface area contributed by atoms with E-state index in [9.17, 15) is 4.79 Å². The summed E-state index contributed by atoms with van der Waals surface area (Å²) in [4.78, 5) is 11.2. The van der Waals surface area contributed by atoms with Gasteiger partial charge in [0.2, 0.25) is 5.91 Å². The number of carbonyl (C=O) groups excluding carboxylic acids is 1. The highest BCUT2D eigenvalue weighted by Crippen LogP contribution is 2.37. The van der Waals surface area contributed by atoms with Gasteiger partial charge in [0.1, 0.15) is 0 Å². The van der Waals surface area contributed by atoms with E-state index in [-0.39, 0.29) is 11.8 Å². The molecule has 3 atom stereocenters. The average Bonchev–Trinajstić information content (AvgIpc) is 2.03. The highest BCUT2D eigenvalue weighted by molar-refractivity contribution is 5.77. The number of carbonyl (C=O) groups is 1. The van der Waals surface area contributed by atoms with Crippen molar-refractivity contribution >= 4 is 5.91 Å². The lowest BCUT2D eigenvalue weighted by molar-refractivity contribution is -0.125. The molecule has 1 amide bonds. The Bertz CT molecular complexity index is 189. The van der Waals surface area contributed by atoms with Crippen molar-refractivity contribution < 1.29 is 4.79 Å². The second kappa shape index (κ2) is 4.12. The van der Waals surface area contributed by atoms with Gasteiger partial charge in [-0.3, -0.25) is 4.79 Å². The topological polar surface area (TPSA) is 43.1 Å². The molecule has 1 rings (SSSR count). The van der Waals surface area contributed by atoms with Crippen molar-refractivity contribution in [1.82, 2.24) is 0 Å². The predicted octanol–water partition coefficient (Wildman–Crippen LogP) is 2.18. The molecule has 0 saturated heterocycles. The van der Waals surface area contributed by atoms with Crippen molar-refractivity contribution in [2.24, 2.45) is 29.4 Å². The summed E-state index contributed by atoms with van der Waals surface area (Å²) in [7, 11) is 0. The molecule has 1 aliphatic carbocycles. The maximum absolute atomic E-state index is 11.2. The van der Waals surface area contributed by atoms with Crippen LogP contribution in [0.15, 0.2) is 0 Å². The van der Waals surface area contributed by atoms with E-state index in [0.717, 1.165) is 6.42 Å². The Morgan fingerprint density at radius 1 is 1.38 bits per heavy atom. The van der Waals surface area contributed by atoms with Crippen molar-refractivity contribution in [2.75, 3.05) is 0 Å². The summed E-state index contributed by atoms with van der Waals surface area (Å²) < 4.78 is 0. The molecule has 2 N–H and O–H groups in total. The number of amides is 1. The first-order chi connectivity index (χ1) is 6.02. The van der Waals surface area contributed by atoms with Crippen LogP contribution >= 0.6 is 0 Å². The van der Waals surface area contributed by atoms with Crippen LogP contribution in [0, 0.1) is 23.7 Å². The minimum atomic E-state index is -0.0924. The molecule has 1 fully saturated rings. The van der Waals surface area contributed by atoms with E-state index in [1.54, 1.807) is 0 Å². The van der Waals surface area contributed by atoms with Gasteiger partial charge in [-0.15, -0.1) is 0 Å². The fraction of sp³-hybridized carbons (Fsp3) is 0.909. The predicted molar refractivity (Wildman–Crippen MR) is 54.0 cm³/mol. The Morgan fingerprint density at radius 2 is 2.00 bits per heavy atom. The maximum atomic E-state index is 11.2. The van der Waals surface area contributed by atoms with Gasteiger partial charge in [-0.05, 0) is 30.6 Å². The van der Waals surface area contributed by atoms with E-state index >= 15 is 0 Å². The Labute approximate surface area is 80.9 Å². The summed E-state index contributed by atoms with van der Waals surface area (Å²) in [6.45, 7) is 6.60. The third-order valence-corrected chi connectivity index (χ3v) is 3.39. The smallest absolute Gasteiger partial charge is 0.220 e. The van der Waals surface area contributed by atoms with E-state index in [4.69, 9.17) is 5.73 Å². The van der Waals surface area contributed by atoms with Crippen LogP contribution in [0.3, 0.4) is 0 Å². The zero-order valence-electron chi connectivity index (χ0n) is 8.92. The Hall–Kier alpha value is -0.530. The Kier molecular flexibility index (Phi) is 3.34. The molecule has 0 spiro atoms. The number of hydrogen-bond donors (Lipinski definition) is 1. The summed E-state index contributed by atoms with van der Waals surface area (Å²) >= 11 is 0. The lowest BCUT2D eigenvalue weighted by Gasteiger charge is -2.35. The van der Waals surface area contributed by atoms with Crippen molar-refractivity contribution in [1.29, 1.82) is 0 Å². The molecular formula is C11H21NO. The molecule has 1 saturated carbocycles. The highest BCUT2D eigenvalue weighted by atomic mass is 16.1. The Balaban J connectivity index is 2.66. The van der Waals surface area contributed by atoms with Crippen LogP contribution < -0.4 is 5.73 Å². The monoisotopic (exact) mass is 183 g/mol. The zero-order chi connectivity index (χ0) is 10.0. The Morgan fingerprint density at radius 3 is 2.46 bits per heavy atom. The number of rotatable bonds is 2. The molecule has 76 valence electrons. The van der Waals surface area contributed by atoms with Gasteiger partial charge in [0.15, 0.2) is 0 Å². The molecule has 0 heterocycles. The lowest BCUT2D eigenvalue weighted by Crippen LogP contribution is -2.37. The van der Waals surface area contributed by atoms with Gasteiger partial charge in [0, 0.05) is 5.92 Å². The van der Waals surface area contributed by atoms with Crippen molar-refractivity contribution in [3.63, 3.8) is 0 Å².